The molecule has 1 fully saturated rings. The molecule has 1 rings (SSSR count). The number of carbonyl (C=O) groups excluding carboxylic acids is 2. The molecule has 0 saturated heterocycles. The van der Waals surface area contributed by atoms with Gasteiger partial charge in [0.1, 0.15) is 0 Å². The number of carboxylic acids is 1. The summed E-state index contributed by atoms with van der Waals surface area (Å²) in [6, 6.07) is -0.212. The maximum absolute atomic E-state index is 11.9. The Morgan fingerprint density at radius 3 is 2.43 bits per heavy atom. The molecule has 1 atom stereocenters. The fourth-order valence-corrected chi connectivity index (χ4v) is 2.81. The van der Waals surface area contributed by atoms with Crippen LogP contribution in [0.5, 0.6) is 0 Å². The van der Waals surface area contributed by atoms with Gasteiger partial charge >= 0.3 is 12.0 Å². The number of carbonyl (C=O) groups is 3. The van der Waals surface area contributed by atoms with Crippen molar-refractivity contribution in [3.63, 3.8) is 0 Å². The number of amides is 3. The van der Waals surface area contributed by atoms with Crippen LogP contribution in [0, 0.1) is 0 Å². The van der Waals surface area contributed by atoms with Gasteiger partial charge in [0.2, 0.25) is 5.91 Å². The Bertz CT molecular complexity index is 423. The third-order valence-corrected chi connectivity index (χ3v) is 3.80. The van der Waals surface area contributed by atoms with Crippen molar-refractivity contribution in [2.24, 2.45) is 0 Å². The zero-order chi connectivity index (χ0) is 17.3. The number of aliphatic carboxylic acids is 1. The molecule has 0 radical (unpaired) electrons. The van der Waals surface area contributed by atoms with Crippen molar-refractivity contribution in [2.45, 2.75) is 57.0 Å². The van der Waals surface area contributed by atoms with E-state index < -0.39 is 17.4 Å². The molecule has 1 saturated carbocycles. The van der Waals surface area contributed by atoms with Crippen LogP contribution in [0.15, 0.2) is 0 Å². The van der Waals surface area contributed by atoms with Crippen LogP contribution >= 0.6 is 0 Å². The van der Waals surface area contributed by atoms with Crippen LogP contribution in [0.4, 0.5) is 4.79 Å². The summed E-state index contributed by atoms with van der Waals surface area (Å²) < 4.78 is 4.96. The predicted molar refractivity (Wildman–Crippen MR) is 84.1 cm³/mol. The summed E-state index contributed by atoms with van der Waals surface area (Å²) in [6.07, 6.45) is 5.07. The third-order valence-electron chi connectivity index (χ3n) is 3.80. The SMILES string of the molecule is COCC(C)(CC(=O)O)NC(=O)CNC(=O)NC1CCCCC1. The summed E-state index contributed by atoms with van der Waals surface area (Å²) in [5.41, 5.74) is -1.01. The molecular weight excluding hydrogens is 302 g/mol. The average Bonchev–Trinajstić information content (AvgIpc) is 2.45. The molecule has 0 spiro atoms. The second-order valence-electron chi connectivity index (χ2n) is 6.27. The summed E-state index contributed by atoms with van der Waals surface area (Å²) in [4.78, 5) is 34.5. The molecule has 0 bridgehead atoms. The Kier molecular flexibility index (Phi) is 7.80. The van der Waals surface area contributed by atoms with Crippen LogP contribution in [-0.4, -0.2) is 54.9 Å². The van der Waals surface area contributed by atoms with Gasteiger partial charge in [0.05, 0.1) is 25.1 Å². The molecule has 132 valence electrons. The van der Waals surface area contributed by atoms with E-state index in [0.29, 0.717) is 0 Å². The van der Waals surface area contributed by atoms with Crippen molar-refractivity contribution in [3.05, 3.63) is 0 Å². The number of urea groups is 1. The number of rotatable bonds is 8. The van der Waals surface area contributed by atoms with E-state index in [-0.39, 0.29) is 31.6 Å². The number of ether oxygens (including phenoxy) is 1. The Labute approximate surface area is 136 Å². The molecule has 8 heteroatoms. The van der Waals surface area contributed by atoms with E-state index in [4.69, 9.17) is 9.84 Å². The molecule has 1 aliphatic rings. The summed E-state index contributed by atoms with van der Waals surface area (Å²) in [5.74, 6) is -1.49. The molecule has 23 heavy (non-hydrogen) atoms. The first-order valence-corrected chi connectivity index (χ1v) is 7.91. The summed E-state index contributed by atoms with van der Waals surface area (Å²) >= 11 is 0. The average molecular weight is 329 g/mol. The minimum Gasteiger partial charge on any atom is -0.481 e. The zero-order valence-electron chi connectivity index (χ0n) is 13.8. The van der Waals surface area contributed by atoms with Gasteiger partial charge in [-0.25, -0.2) is 4.79 Å². The normalized spacial score (nSPS) is 17.8. The van der Waals surface area contributed by atoms with Crippen molar-refractivity contribution in [1.82, 2.24) is 16.0 Å². The Morgan fingerprint density at radius 1 is 1.22 bits per heavy atom. The van der Waals surface area contributed by atoms with Gasteiger partial charge < -0.3 is 25.8 Å². The van der Waals surface area contributed by atoms with E-state index in [0.717, 1.165) is 25.7 Å². The monoisotopic (exact) mass is 329 g/mol. The first-order valence-electron chi connectivity index (χ1n) is 7.91. The van der Waals surface area contributed by atoms with E-state index >= 15 is 0 Å². The Hall–Kier alpha value is -1.83. The minimum atomic E-state index is -1.03. The molecule has 0 aliphatic heterocycles. The molecule has 1 aliphatic carbocycles. The molecule has 0 aromatic carbocycles. The molecule has 4 N–H and O–H groups in total. The van der Waals surface area contributed by atoms with Crippen molar-refractivity contribution in [3.8, 4) is 0 Å². The van der Waals surface area contributed by atoms with E-state index in [2.05, 4.69) is 16.0 Å². The lowest BCUT2D eigenvalue weighted by molar-refractivity contribution is -0.139. The molecule has 0 aromatic heterocycles. The standard InChI is InChI=1S/C15H27N3O5/c1-15(10-23-2,8-13(20)21)18-12(19)9-16-14(22)17-11-6-4-3-5-7-11/h11H,3-10H2,1-2H3,(H,18,19)(H,20,21)(H2,16,17,22). The van der Waals surface area contributed by atoms with Gasteiger partial charge in [0.15, 0.2) is 0 Å². The van der Waals surface area contributed by atoms with Gasteiger partial charge in [-0.15, -0.1) is 0 Å². The van der Waals surface area contributed by atoms with Gasteiger partial charge in [-0.1, -0.05) is 19.3 Å². The van der Waals surface area contributed by atoms with Crippen LogP contribution in [0.1, 0.15) is 45.4 Å². The lowest BCUT2D eigenvalue weighted by atomic mass is 9.96. The fraction of sp³-hybridized carbons (Fsp3) is 0.800. The van der Waals surface area contributed by atoms with Crippen LogP contribution in [0.3, 0.4) is 0 Å². The van der Waals surface area contributed by atoms with Gasteiger partial charge in [-0.3, -0.25) is 9.59 Å². The number of carboxylic acid groups (broad SMARTS) is 1. The maximum Gasteiger partial charge on any atom is 0.315 e. The Morgan fingerprint density at radius 2 is 1.87 bits per heavy atom. The summed E-state index contributed by atoms with van der Waals surface area (Å²) in [7, 11) is 1.43. The highest BCUT2D eigenvalue weighted by Crippen LogP contribution is 2.17. The second-order valence-corrected chi connectivity index (χ2v) is 6.27. The molecule has 0 aromatic rings. The van der Waals surface area contributed by atoms with Crippen LogP contribution in [0.2, 0.25) is 0 Å². The first kappa shape index (κ1) is 19.2. The van der Waals surface area contributed by atoms with Gasteiger partial charge in [-0.05, 0) is 19.8 Å². The van der Waals surface area contributed by atoms with Crippen LogP contribution in [-0.2, 0) is 14.3 Å². The minimum absolute atomic E-state index is 0.0688. The molecule has 3 amide bonds. The highest BCUT2D eigenvalue weighted by Gasteiger charge is 2.29. The zero-order valence-corrected chi connectivity index (χ0v) is 13.8. The van der Waals surface area contributed by atoms with E-state index in [9.17, 15) is 14.4 Å². The largest absolute Gasteiger partial charge is 0.481 e. The fourth-order valence-electron chi connectivity index (χ4n) is 2.81. The number of hydrogen-bond donors (Lipinski definition) is 4. The topological polar surface area (TPSA) is 117 Å². The number of hydrogen-bond acceptors (Lipinski definition) is 4. The highest BCUT2D eigenvalue weighted by atomic mass is 16.5. The number of nitrogens with one attached hydrogen (secondary N) is 3. The molecular formula is C15H27N3O5. The van der Waals surface area contributed by atoms with E-state index in [1.54, 1.807) is 6.92 Å². The van der Waals surface area contributed by atoms with Gasteiger partial charge in [-0.2, -0.15) is 0 Å². The van der Waals surface area contributed by atoms with Gasteiger partial charge in [0.25, 0.3) is 0 Å². The summed E-state index contributed by atoms with van der Waals surface area (Å²) in [6.45, 7) is 1.45. The van der Waals surface area contributed by atoms with Crippen molar-refractivity contribution in [1.29, 1.82) is 0 Å². The lowest BCUT2D eigenvalue weighted by Crippen LogP contribution is -2.54. The van der Waals surface area contributed by atoms with E-state index in [1.807, 2.05) is 0 Å². The quantitative estimate of drug-likeness (QED) is 0.521. The smallest absolute Gasteiger partial charge is 0.315 e. The van der Waals surface area contributed by atoms with Crippen molar-refractivity contribution in [2.75, 3.05) is 20.3 Å². The van der Waals surface area contributed by atoms with Crippen molar-refractivity contribution >= 4 is 17.9 Å². The maximum atomic E-state index is 11.9. The van der Waals surface area contributed by atoms with Gasteiger partial charge in [0, 0.05) is 13.2 Å². The molecule has 0 heterocycles. The Balaban J connectivity index is 2.36. The molecule has 1 unspecified atom stereocenters. The van der Waals surface area contributed by atoms with Crippen LogP contribution < -0.4 is 16.0 Å². The number of methoxy groups -OCH3 is 1. The highest BCUT2D eigenvalue weighted by molar-refractivity contribution is 5.85. The summed E-state index contributed by atoms with van der Waals surface area (Å²) in [5, 5.41) is 16.8. The van der Waals surface area contributed by atoms with E-state index in [1.165, 1.54) is 13.5 Å². The lowest BCUT2D eigenvalue weighted by Gasteiger charge is -2.28. The molecule has 8 nitrogen and oxygen atoms in total. The van der Waals surface area contributed by atoms with Crippen LogP contribution in [0.25, 0.3) is 0 Å². The third kappa shape index (κ3) is 7.83. The second kappa shape index (κ2) is 9.34. The first-order chi connectivity index (χ1) is 10.8. The van der Waals surface area contributed by atoms with Crippen molar-refractivity contribution < 1.29 is 24.2 Å². The predicted octanol–water partition coefficient (Wildman–Crippen LogP) is 0.614.